The summed E-state index contributed by atoms with van der Waals surface area (Å²) in [7, 11) is 0. The zero-order chi connectivity index (χ0) is 37.6. The van der Waals surface area contributed by atoms with Gasteiger partial charge in [-0.3, -0.25) is 4.79 Å². The minimum atomic E-state index is -1.76. The summed E-state index contributed by atoms with van der Waals surface area (Å²) >= 11 is 0. The molecule has 2 saturated heterocycles. The van der Waals surface area contributed by atoms with E-state index >= 15 is 0 Å². The van der Waals surface area contributed by atoms with Gasteiger partial charge in [0.25, 0.3) is 0 Å². The predicted octanol–water partition coefficient (Wildman–Crippen LogP) is 4.51. The molecule has 0 saturated carbocycles. The fraction of sp³-hybridized carbons (Fsp3) is 0.649. The summed E-state index contributed by atoms with van der Waals surface area (Å²) in [6.07, 6.45) is -10.5. The summed E-state index contributed by atoms with van der Waals surface area (Å²) in [5.41, 5.74) is 1.77. The standard InChI is InChI=1S/C37H54O13/c1-12-19(7)34(42)47-29-22(10)44-36(28(41)27(29)40)50-32-30(48-35(43)20(8)13-2)23(11)45-37(33(32)46-25(38)16-17(3)4)49-31-24(18(5)6)15-14-21(9)26(31)39/h12-15,17-18,22-23,27-30,32-33,36-37,39-41H,16H2,1-11H3/t22-,23-,27-,28-,29+,30+,32+,33-,36+,37+/m1/s1. The van der Waals surface area contributed by atoms with Gasteiger partial charge < -0.3 is 48.5 Å². The van der Waals surface area contributed by atoms with Crippen molar-refractivity contribution in [1.29, 1.82) is 0 Å². The molecule has 0 aromatic heterocycles. The molecule has 0 aliphatic carbocycles. The van der Waals surface area contributed by atoms with Crippen LogP contribution in [0.1, 0.15) is 92.7 Å². The average Bonchev–Trinajstić information content (AvgIpc) is 3.05. The summed E-state index contributed by atoms with van der Waals surface area (Å²) in [6.45, 7) is 18.8. The number of hydrogen-bond acceptors (Lipinski definition) is 13. The number of esters is 3. The summed E-state index contributed by atoms with van der Waals surface area (Å²) in [4.78, 5) is 38.9. The average molecular weight is 707 g/mol. The molecule has 0 unspecified atom stereocenters. The lowest BCUT2D eigenvalue weighted by Crippen LogP contribution is -2.65. The van der Waals surface area contributed by atoms with Crippen LogP contribution >= 0.6 is 0 Å². The Bertz CT molecular complexity index is 1420. The van der Waals surface area contributed by atoms with Crippen LogP contribution in [-0.4, -0.2) is 94.6 Å². The van der Waals surface area contributed by atoms with Crippen molar-refractivity contribution in [3.05, 3.63) is 46.6 Å². The molecule has 50 heavy (non-hydrogen) atoms. The Labute approximate surface area is 294 Å². The number of allylic oxidation sites excluding steroid dienone is 2. The zero-order valence-electron chi connectivity index (χ0n) is 30.9. The Morgan fingerprint density at radius 3 is 1.88 bits per heavy atom. The van der Waals surface area contributed by atoms with Crippen LogP contribution in [0.25, 0.3) is 0 Å². The van der Waals surface area contributed by atoms with Crippen molar-refractivity contribution in [3.63, 3.8) is 0 Å². The van der Waals surface area contributed by atoms with Gasteiger partial charge >= 0.3 is 17.9 Å². The molecule has 3 N–H and O–H groups in total. The number of aliphatic hydroxyl groups is 2. The molecule has 2 heterocycles. The molecule has 1 aromatic carbocycles. The highest BCUT2D eigenvalue weighted by atomic mass is 16.8. The minimum Gasteiger partial charge on any atom is -0.504 e. The van der Waals surface area contributed by atoms with Crippen LogP contribution in [0.3, 0.4) is 0 Å². The van der Waals surface area contributed by atoms with Gasteiger partial charge in [0.15, 0.2) is 36.1 Å². The maximum atomic E-state index is 13.3. The van der Waals surface area contributed by atoms with E-state index in [-0.39, 0.29) is 35.3 Å². The molecule has 2 aliphatic heterocycles. The molecule has 0 bridgehead atoms. The molecular weight excluding hydrogens is 652 g/mol. The molecule has 13 nitrogen and oxygen atoms in total. The van der Waals surface area contributed by atoms with Gasteiger partial charge in [0.1, 0.15) is 18.3 Å². The third-order valence-corrected chi connectivity index (χ3v) is 8.85. The first kappa shape index (κ1) is 40.9. The second-order valence-corrected chi connectivity index (χ2v) is 13.7. The highest BCUT2D eigenvalue weighted by molar-refractivity contribution is 5.88. The number of phenolic OH excluding ortho intramolecular Hbond substituents is 1. The molecule has 0 amide bonds. The molecule has 280 valence electrons. The van der Waals surface area contributed by atoms with E-state index in [0.717, 1.165) is 0 Å². The second kappa shape index (κ2) is 17.6. The Kier molecular flexibility index (Phi) is 14.4. The quantitative estimate of drug-likeness (QED) is 0.157. The van der Waals surface area contributed by atoms with Gasteiger partial charge in [0.05, 0.1) is 12.2 Å². The van der Waals surface area contributed by atoms with Crippen LogP contribution in [0.5, 0.6) is 11.5 Å². The first-order valence-electron chi connectivity index (χ1n) is 17.1. The maximum absolute atomic E-state index is 13.3. The normalized spacial score (nSPS) is 30.6. The van der Waals surface area contributed by atoms with Crippen LogP contribution in [0.4, 0.5) is 0 Å². The molecule has 0 spiro atoms. The minimum absolute atomic E-state index is 0.0114. The molecule has 10 atom stereocenters. The number of aryl methyl sites for hydroxylation is 1. The predicted molar refractivity (Wildman–Crippen MR) is 181 cm³/mol. The van der Waals surface area contributed by atoms with E-state index in [1.165, 1.54) is 6.92 Å². The third kappa shape index (κ3) is 9.64. The first-order valence-corrected chi connectivity index (χ1v) is 17.1. The van der Waals surface area contributed by atoms with E-state index in [4.69, 9.17) is 33.2 Å². The number of aromatic hydroxyl groups is 1. The van der Waals surface area contributed by atoms with E-state index in [1.807, 2.05) is 33.8 Å². The number of ether oxygens (including phenoxy) is 7. The van der Waals surface area contributed by atoms with Crippen molar-refractivity contribution in [2.45, 2.75) is 150 Å². The van der Waals surface area contributed by atoms with Crippen molar-refractivity contribution in [2.75, 3.05) is 0 Å². The Balaban J connectivity index is 2.10. The van der Waals surface area contributed by atoms with Crippen molar-refractivity contribution in [2.24, 2.45) is 5.92 Å². The van der Waals surface area contributed by atoms with Gasteiger partial charge in [-0.2, -0.15) is 0 Å². The van der Waals surface area contributed by atoms with Gasteiger partial charge in [-0.1, -0.05) is 52.0 Å². The molecule has 0 radical (unpaired) electrons. The van der Waals surface area contributed by atoms with Gasteiger partial charge in [-0.05, 0) is 65.9 Å². The fourth-order valence-corrected chi connectivity index (χ4v) is 5.53. The van der Waals surface area contributed by atoms with Crippen LogP contribution in [-0.2, 0) is 42.8 Å². The molecule has 2 aliphatic rings. The number of phenols is 1. The number of benzene rings is 1. The van der Waals surface area contributed by atoms with Crippen molar-refractivity contribution >= 4 is 17.9 Å². The van der Waals surface area contributed by atoms with Crippen LogP contribution in [0.2, 0.25) is 0 Å². The van der Waals surface area contributed by atoms with E-state index in [9.17, 15) is 29.7 Å². The van der Waals surface area contributed by atoms with E-state index in [1.54, 1.807) is 59.8 Å². The molecule has 3 rings (SSSR count). The van der Waals surface area contributed by atoms with Crippen molar-refractivity contribution < 1.29 is 62.9 Å². The molecule has 1 aromatic rings. The third-order valence-electron chi connectivity index (χ3n) is 8.85. The van der Waals surface area contributed by atoms with Gasteiger partial charge in [0, 0.05) is 23.1 Å². The SMILES string of the molecule is CC=C(C)C(=O)O[C@@H]1[C@H](O)[C@@H](O)[C@H](O[C@H]2[C@@H](OC(=O)C(C)=CC)[C@@H](C)O[C@@H](Oc3c(C(C)C)ccc(C)c3O)[C@@H]2OC(=O)CC(C)C)O[C@@H]1C. The lowest BCUT2D eigenvalue weighted by atomic mass is 9.96. The monoisotopic (exact) mass is 706 g/mol. The fourth-order valence-electron chi connectivity index (χ4n) is 5.53. The van der Waals surface area contributed by atoms with Gasteiger partial charge in [-0.15, -0.1) is 0 Å². The highest BCUT2D eigenvalue weighted by Gasteiger charge is 2.55. The van der Waals surface area contributed by atoms with Gasteiger partial charge in [-0.25, -0.2) is 9.59 Å². The number of carbonyl (C=O) groups is 3. The van der Waals surface area contributed by atoms with Crippen LogP contribution in [0, 0.1) is 12.8 Å². The van der Waals surface area contributed by atoms with E-state index in [2.05, 4.69) is 0 Å². The zero-order valence-corrected chi connectivity index (χ0v) is 30.9. The van der Waals surface area contributed by atoms with Crippen molar-refractivity contribution in [1.82, 2.24) is 0 Å². The maximum Gasteiger partial charge on any atom is 0.333 e. The second-order valence-electron chi connectivity index (χ2n) is 13.7. The molecule has 13 heteroatoms. The molecule has 2 fully saturated rings. The number of rotatable bonds is 12. The van der Waals surface area contributed by atoms with Crippen LogP contribution < -0.4 is 4.74 Å². The topological polar surface area (TPSA) is 177 Å². The van der Waals surface area contributed by atoms with E-state index in [0.29, 0.717) is 16.7 Å². The summed E-state index contributed by atoms with van der Waals surface area (Å²) in [6, 6.07) is 3.57. The summed E-state index contributed by atoms with van der Waals surface area (Å²) in [5.74, 6) is -2.23. The van der Waals surface area contributed by atoms with Crippen molar-refractivity contribution in [3.8, 4) is 11.5 Å². The Morgan fingerprint density at radius 1 is 0.800 bits per heavy atom. The Morgan fingerprint density at radius 2 is 1.34 bits per heavy atom. The summed E-state index contributed by atoms with van der Waals surface area (Å²) < 4.78 is 42.2. The number of carbonyl (C=O) groups excluding carboxylic acids is 3. The lowest BCUT2D eigenvalue weighted by molar-refractivity contribution is -0.348. The highest BCUT2D eigenvalue weighted by Crippen LogP contribution is 2.41. The van der Waals surface area contributed by atoms with Gasteiger partial charge in [0.2, 0.25) is 6.29 Å². The summed E-state index contributed by atoms with van der Waals surface area (Å²) in [5, 5.41) is 33.5. The van der Waals surface area contributed by atoms with Crippen LogP contribution in [0.15, 0.2) is 35.4 Å². The lowest BCUT2D eigenvalue weighted by Gasteiger charge is -2.47. The Hall–Kier alpha value is -3.49. The smallest absolute Gasteiger partial charge is 0.333 e. The molecular formula is C37H54O13. The largest absolute Gasteiger partial charge is 0.504 e. The number of hydrogen-bond donors (Lipinski definition) is 3. The number of aliphatic hydroxyl groups excluding tert-OH is 2. The van der Waals surface area contributed by atoms with E-state index < -0.39 is 79.3 Å². The first-order chi connectivity index (χ1) is 23.4.